The Morgan fingerprint density at radius 1 is 1.25 bits per heavy atom. The lowest BCUT2D eigenvalue weighted by Crippen LogP contribution is -2.74. The molecule has 2 heterocycles. The van der Waals surface area contributed by atoms with Crippen molar-refractivity contribution >= 4 is 5.97 Å². The monoisotopic (exact) mass is 436 g/mol. The minimum Gasteiger partial charge on any atom is -0.497 e. The van der Waals surface area contributed by atoms with Crippen molar-refractivity contribution in [3.8, 4) is 5.75 Å². The number of carbonyl (C=O) groups is 1. The fraction of sp³-hybridized carbons (Fsp3) is 0.520. The van der Waals surface area contributed by atoms with Crippen LogP contribution >= 0.6 is 0 Å². The van der Waals surface area contributed by atoms with E-state index >= 15 is 0 Å². The van der Waals surface area contributed by atoms with E-state index in [4.69, 9.17) is 4.74 Å². The highest BCUT2D eigenvalue weighted by Crippen LogP contribution is 2.57. The zero-order valence-corrected chi connectivity index (χ0v) is 18.2. The molecule has 6 rings (SSSR count). The van der Waals surface area contributed by atoms with Gasteiger partial charge in [-0.25, -0.2) is 4.79 Å². The molecule has 1 aromatic carbocycles. The summed E-state index contributed by atoms with van der Waals surface area (Å²) in [7, 11) is 1.65. The number of nitrogens with one attached hydrogen (secondary N) is 1. The van der Waals surface area contributed by atoms with Crippen LogP contribution in [-0.4, -0.2) is 57.9 Å². The zero-order chi connectivity index (χ0) is 22.3. The molecule has 1 saturated heterocycles. The molecule has 0 radical (unpaired) electrons. The van der Waals surface area contributed by atoms with E-state index in [1.54, 1.807) is 7.11 Å². The number of hydrogen-bond donors (Lipinski definition) is 3. The molecule has 3 atom stereocenters. The number of fused-ring (bicyclic) bond motifs is 2. The summed E-state index contributed by atoms with van der Waals surface area (Å²) in [5.74, 6) is 0.240. The molecular weight excluding hydrogens is 408 g/mol. The van der Waals surface area contributed by atoms with Crippen molar-refractivity contribution in [1.29, 1.82) is 0 Å². The van der Waals surface area contributed by atoms with Gasteiger partial charge in [0.1, 0.15) is 11.3 Å². The molecule has 1 aromatic heterocycles. The maximum Gasteiger partial charge on any atom is 0.341 e. The Labute approximate surface area is 186 Å². The van der Waals surface area contributed by atoms with Crippen LogP contribution in [0, 0.1) is 5.92 Å². The van der Waals surface area contributed by atoms with Gasteiger partial charge in [0.2, 0.25) is 0 Å². The molecule has 2 bridgehead atoms. The standard InChI is InChI=1S/C25H28N2O5/c1-32-17-5-4-15-9-21-25(31)11-16-8-18(23(29)30)22(28)26-20(16)12-24(25,19(15)10-17)6-7-27(21)13-14-2-3-14/h4-5,8,10,14,21,31H,2-3,6-7,9,11-13H2,1H3,(H,26,28)(H,29,30)/t21-,24-,25-/m1/s1. The molecule has 7 heteroatoms. The van der Waals surface area contributed by atoms with Crippen molar-refractivity contribution in [2.24, 2.45) is 5.92 Å². The molecule has 2 fully saturated rings. The Kier molecular flexibility index (Phi) is 4.18. The number of aromatic carboxylic acids is 1. The van der Waals surface area contributed by atoms with Crippen LogP contribution in [0.2, 0.25) is 0 Å². The van der Waals surface area contributed by atoms with E-state index in [1.165, 1.54) is 24.5 Å². The highest BCUT2D eigenvalue weighted by Gasteiger charge is 2.64. The van der Waals surface area contributed by atoms with Crippen LogP contribution in [0.15, 0.2) is 29.1 Å². The van der Waals surface area contributed by atoms with Gasteiger partial charge < -0.3 is 19.9 Å². The van der Waals surface area contributed by atoms with Crippen LogP contribution < -0.4 is 10.3 Å². The summed E-state index contributed by atoms with van der Waals surface area (Å²) in [5, 5.41) is 22.0. The average Bonchev–Trinajstić information content (AvgIpc) is 3.57. The number of piperidine rings is 1. The maximum absolute atomic E-state index is 12.5. The number of aromatic nitrogens is 1. The van der Waals surface area contributed by atoms with Crippen molar-refractivity contribution in [3.05, 3.63) is 62.6 Å². The van der Waals surface area contributed by atoms with Crippen molar-refractivity contribution in [3.63, 3.8) is 0 Å². The SMILES string of the molecule is COc1ccc2c(c1)[C@]13CCN(CC4CC4)[C@H](C2)[C@]1(O)Cc1cc(C(=O)O)c(=O)[nH]c1C3. The topological polar surface area (TPSA) is 103 Å². The van der Waals surface area contributed by atoms with Crippen LogP contribution in [-0.2, 0) is 24.7 Å². The summed E-state index contributed by atoms with van der Waals surface area (Å²) in [5.41, 5.74) is 1.40. The number of aromatic amines is 1. The smallest absolute Gasteiger partial charge is 0.341 e. The summed E-state index contributed by atoms with van der Waals surface area (Å²) in [6.45, 7) is 1.92. The predicted octanol–water partition coefficient (Wildman–Crippen LogP) is 1.89. The molecule has 0 spiro atoms. The fourth-order valence-corrected chi connectivity index (χ4v) is 6.66. The van der Waals surface area contributed by atoms with Crippen LogP contribution in [0.5, 0.6) is 5.75 Å². The lowest BCUT2D eigenvalue weighted by Gasteiger charge is -2.63. The molecule has 0 unspecified atom stereocenters. The first-order chi connectivity index (χ1) is 15.3. The Balaban J connectivity index is 1.54. The number of hydrogen-bond acceptors (Lipinski definition) is 5. The molecule has 3 aliphatic carbocycles. The van der Waals surface area contributed by atoms with Gasteiger partial charge in [0, 0.05) is 36.5 Å². The Bertz CT molecular complexity index is 1190. The Hall–Kier alpha value is -2.64. The number of benzene rings is 1. The first-order valence-corrected chi connectivity index (χ1v) is 11.5. The van der Waals surface area contributed by atoms with Gasteiger partial charge >= 0.3 is 5.97 Å². The first-order valence-electron chi connectivity index (χ1n) is 11.5. The van der Waals surface area contributed by atoms with Gasteiger partial charge in [0.25, 0.3) is 5.56 Å². The van der Waals surface area contributed by atoms with E-state index in [0.29, 0.717) is 18.8 Å². The molecular formula is C25H28N2O5. The van der Waals surface area contributed by atoms with E-state index in [2.05, 4.69) is 22.0 Å². The molecule has 3 N–H and O–H groups in total. The quantitative estimate of drug-likeness (QED) is 0.677. The number of carboxylic acids is 1. The van der Waals surface area contributed by atoms with Crippen LogP contribution in [0.1, 0.15) is 52.0 Å². The Morgan fingerprint density at radius 3 is 2.78 bits per heavy atom. The van der Waals surface area contributed by atoms with Crippen molar-refractivity contribution in [2.45, 2.75) is 55.6 Å². The second kappa shape index (κ2) is 6.68. The number of nitrogens with zero attached hydrogens (tertiary/aromatic N) is 1. The van der Waals surface area contributed by atoms with Gasteiger partial charge in [-0.05, 0) is 73.0 Å². The molecule has 1 aliphatic heterocycles. The minimum atomic E-state index is -1.24. The summed E-state index contributed by atoms with van der Waals surface area (Å²) in [6, 6.07) is 7.60. The van der Waals surface area contributed by atoms with Gasteiger partial charge in [0.15, 0.2) is 0 Å². The third kappa shape index (κ3) is 2.67. The predicted molar refractivity (Wildman–Crippen MR) is 117 cm³/mol. The minimum absolute atomic E-state index is 0.0360. The second-order valence-electron chi connectivity index (χ2n) is 10.1. The molecule has 4 aliphatic rings. The molecule has 32 heavy (non-hydrogen) atoms. The third-order valence-electron chi connectivity index (χ3n) is 8.47. The van der Waals surface area contributed by atoms with Gasteiger partial charge in [-0.2, -0.15) is 0 Å². The number of rotatable bonds is 4. The van der Waals surface area contributed by atoms with Crippen molar-refractivity contribution < 1.29 is 19.7 Å². The highest BCUT2D eigenvalue weighted by molar-refractivity contribution is 5.87. The number of aliphatic hydroxyl groups is 1. The molecule has 168 valence electrons. The summed E-state index contributed by atoms with van der Waals surface area (Å²) in [4.78, 5) is 29.3. The van der Waals surface area contributed by atoms with E-state index in [9.17, 15) is 19.8 Å². The van der Waals surface area contributed by atoms with Gasteiger partial charge in [-0.15, -0.1) is 0 Å². The normalized spacial score (nSPS) is 30.8. The van der Waals surface area contributed by atoms with Crippen LogP contribution in [0.4, 0.5) is 0 Å². The van der Waals surface area contributed by atoms with Crippen molar-refractivity contribution in [2.75, 3.05) is 20.2 Å². The summed E-state index contributed by atoms with van der Waals surface area (Å²) < 4.78 is 5.52. The lowest BCUT2D eigenvalue weighted by atomic mass is 9.49. The third-order valence-corrected chi connectivity index (χ3v) is 8.47. The number of carboxylic acid groups (broad SMARTS) is 1. The molecule has 2 aromatic rings. The zero-order valence-electron chi connectivity index (χ0n) is 18.2. The molecule has 1 saturated carbocycles. The van der Waals surface area contributed by atoms with Gasteiger partial charge in [-0.1, -0.05) is 6.07 Å². The van der Waals surface area contributed by atoms with E-state index in [0.717, 1.165) is 48.5 Å². The lowest BCUT2D eigenvalue weighted by molar-refractivity contribution is -0.152. The fourth-order valence-electron chi connectivity index (χ4n) is 6.66. The molecule has 7 nitrogen and oxygen atoms in total. The second-order valence-corrected chi connectivity index (χ2v) is 10.1. The highest BCUT2D eigenvalue weighted by atomic mass is 16.5. The maximum atomic E-state index is 12.5. The summed E-state index contributed by atoms with van der Waals surface area (Å²) >= 11 is 0. The first kappa shape index (κ1) is 20.0. The van der Waals surface area contributed by atoms with Crippen molar-refractivity contribution in [1.82, 2.24) is 9.88 Å². The number of ether oxygens (including phenoxy) is 1. The number of H-pyrrole nitrogens is 1. The van der Waals surface area contributed by atoms with Crippen LogP contribution in [0.25, 0.3) is 0 Å². The average molecular weight is 437 g/mol. The molecule has 0 amide bonds. The number of methoxy groups -OCH3 is 1. The Morgan fingerprint density at radius 2 is 2.06 bits per heavy atom. The van der Waals surface area contributed by atoms with Crippen LogP contribution in [0.3, 0.4) is 0 Å². The number of pyridine rings is 1. The van der Waals surface area contributed by atoms with E-state index < -0.39 is 22.5 Å². The van der Waals surface area contributed by atoms with Gasteiger partial charge in [0.05, 0.1) is 12.7 Å². The van der Waals surface area contributed by atoms with E-state index in [-0.39, 0.29) is 11.6 Å². The number of likely N-dealkylation sites (tertiary alicyclic amines) is 1. The van der Waals surface area contributed by atoms with E-state index in [1.807, 2.05) is 6.07 Å². The summed E-state index contributed by atoms with van der Waals surface area (Å²) in [6.07, 6.45) is 4.88. The largest absolute Gasteiger partial charge is 0.497 e. The van der Waals surface area contributed by atoms with Gasteiger partial charge in [-0.3, -0.25) is 9.69 Å².